The maximum atomic E-state index is 13.4. The Labute approximate surface area is 194 Å². The number of benzene rings is 1. The Morgan fingerprint density at radius 1 is 1.18 bits per heavy atom. The Morgan fingerprint density at radius 2 is 1.94 bits per heavy atom. The van der Waals surface area contributed by atoms with Gasteiger partial charge in [-0.15, -0.1) is 0 Å². The van der Waals surface area contributed by atoms with Crippen molar-refractivity contribution in [3.8, 4) is 5.75 Å². The monoisotopic (exact) mass is 456 g/mol. The number of methoxy groups -OCH3 is 1. The van der Waals surface area contributed by atoms with Gasteiger partial charge in [-0.2, -0.15) is 0 Å². The first kappa shape index (κ1) is 24.2. The molecule has 1 aromatic heterocycles. The van der Waals surface area contributed by atoms with Gasteiger partial charge < -0.3 is 29.6 Å². The van der Waals surface area contributed by atoms with Crippen LogP contribution in [0, 0.1) is 5.92 Å². The molecule has 1 fully saturated rings. The lowest BCUT2D eigenvalue weighted by molar-refractivity contribution is -0.136. The Bertz CT molecular complexity index is 962. The summed E-state index contributed by atoms with van der Waals surface area (Å²) in [4.78, 5) is 42.2. The zero-order chi connectivity index (χ0) is 24.0. The molecule has 2 aromatic rings. The highest BCUT2D eigenvalue weighted by Gasteiger charge is 2.36. The van der Waals surface area contributed by atoms with Crippen molar-refractivity contribution in [1.29, 1.82) is 0 Å². The van der Waals surface area contributed by atoms with Gasteiger partial charge in [-0.1, -0.05) is 32.4 Å². The van der Waals surface area contributed by atoms with E-state index in [0.29, 0.717) is 31.1 Å². The van der Waals surface area contributed by atoms with Crippen LogP contribution >= 0.6 is 0 Å². The van der Waals surface area contributed by atoms with E-state index >= 15 is 0 Å². The Balaban J connectivity index is 1.65. The van der Waals surface area contributed by atoms with E-state index in [1.807, 2.05) is 26.8 Å². The maximum absolute atomic E-state index is 13.4. The molecular weight excluding hydrogens is 424 g/mol. The number of furan rings is 1. The standard InChI is InChI=1S/C24H32N4O5/c1-5-16(2)21(26-24(31)25-18-9-6-7-10-19(18)32-4)23(30)27-12-13-28(17(3)15-27)22(29)20-11-8-14-33-20/h6-11,14,16-17,21H,5,12-13,15H2,1-4H3,(H2,25,26,31). The normalized spacial score (nSPS) is 17.8. The predicted octanol–water partition coefficient (Wildman–Crippen LogP) is 3.20. The molecular formula is C24H32N4O5. The van der Waals surface area contributed by atoms with Crippen molar-refractivity contribution >= 4 is 23.5 Å². The number of carbonyl (C=O) groups is 3. The molecule has 3 rings (SSSR count). The summed E-state index contributed by atoms with van der Waals surface area (Å²) in [7, 11) is 1.53. The number of piperazine rings is 1. The lowest BCUT2D eigenvalue weighted by atomic mass is 9.97. The molecule has 178 valence electrons. The third-order valence-corrected chi connectivity index (χ3v) is 6.05. The van der Waals surface area contributed by atoms with Gasteiger partial charge in [0, 0.05) is 25.7 Å². The van der Waals surface area contributed by atoms with Crippen molar-refractivity contribution in [3.05, 3.63) is 48.4 Å². The maximum Gasteiger partial charge on any atom is 0.320 e. The van der Waals surface area contributed by atoms with Gasteiger partial charge in [0.05, 0.1) is 19.1 Å². The molecule has 0 bridgehead atoms. The van der Waals surface area contributed by atoms with Crippen molar-refractivity contribution in [2.24, 2.45) is 5.92 Å². The highest BCUT2D eigenvalue weighted by molar-refractivity contribution is 5.95. The average Bonchev–Trinajstić information content (AvgIpc) is 3.36. The SMILES string of the molecule is CCC(C)C(NC(=O)Nc1ccccc1OC)C(=O)N1CCN(C(=O)c2ccco2)C(C)C1. The first-order valence-electron chi connectivity index (χ1n) is 11.2. The van der Waals surface area contributed by atoms with Crippen molar-refractivity contribution < 1.29 is 23.5 Å². The molecule has 1 saturated heterocycles. The molecule has 3 atom stereocenters. The zero-order valence-corrected chi connectivity index (χ0v) is 19.5. The van der Waals surface area contributed by atoms with E-state index in [1.54, 1.807) is 40.1 Å². The van der Waals surface area contributed by atoms with Crippen LogP contribution in [0.5, 0.6) is 5.75 Å². The number of hydrogen-bond donors (Lipinski definition) is 2. The van der Waals surface area contributed by atoms with E-state index in [-0.39, 0.29) is 29.5 Å². The van der Waals surface area contributed by atoms with Gasteiger partial charge in [0.15, 0.2) is 5.76 Å². The third kappa shape index (κ3) is 5.66. The van der Waals surface area contributed by atoms with Crippen LogP contribution in [0.25, 0.3) is 0 Å². The van der Waals surface area contributed by atoms with Gasteiger partial charge in [0.25, 0.3) is 5.91 Å². The highest BCUT2D eigenvalue weighted by atomic mass is 16.5. The van der Waals surface area contributed by atoms with Crippen LogP contribution in [0.4, 0.5) is 10.5 Å². The number of rotatable bonds is 7. The second-order valence-corrected chi connectivity index (χ2v) is 8.27. The number of hydrogen-bond acceptors (Lipinski definition) is 5. The van der Waals surface area contributed by atoms with Crippen LogP contribution in [-0.2, 0) is 4.79 Å². The summed E-state index contributed by atoms with van der Waals surface area (Å²) >= 11 is 0. The summed E-state index contributed by atoms with van der Waals surface area (Å²) in [5.74, 6) is 0.405. The van der Waals surface area contributed by atoms with Crippen molar-refractivity contribution in [2.45, 2.75) is 39.3 Å². The number of anilines is 1. The number of urea groups is 1. The number of ether oxygens (including phenoxy) is 1. The minimum absolute atomic E-state index is 0.0704. The molecule has 0 spiro atoms. The summed E-state index contributed by atoms with van der Waals surface area (Å²) in [5.41, 5.74) is 0.520. The average molecular weight is 457 g/mol. The second-order valence-electron chi connectivity index (χ2n) is 8.27. The van der Waals surface area contributed by atoms with Crippen molar-refractivity contribution in [1.82, 2.24) is 15.1 Å². The number of amides is 4. The molecule has 2 N–H and O–H groups in total. The zero-order valence-electron chi connectivity index (χ0n) is 19.5. The highest BCUT2D eigenvalue weighted by Crippen LogP contribution is 2.23. The minimum atomic E-state index is -0.691. The summed E-state index contributed by atoms with van der Waals surface area (Å²) in [5, 5.41) is 5.61. The van der Waals surface area contributed by atoms with Gasteiger partial charge >= 0.3 is 6.03 Å². The van der Waals surface area contributed by atoms with E-state index in [9.17, 15) is 14.4 Å². The van der Waals surface area contributed by atoms with Gasteiger partial charge in [-0.05, 0) is 37.1 Å². The van der Waals surface area contributed by atoms with Crippen LogP contribution in [-0.4, -0.2) is 66.5 Å². The van der Waals surface area contributed by atoms with Gasteiger partial charge in [-0.25, -0.2) is 4.79 Å². The molecule has 9 heteroatoms. The Hall–Kier alpha value is -3.49. The molecule has 0 saturated carbocycles. The molecule has 3 unspecified atom stereocenters. The fourth-order valence-electron chi connectivity index (χ4n) is 3.93. The molecule has 9 nitrogen and oxygen atoms in total. The summed E-state index contributed by atoms with van der Waals surface area (Å²) in [6.07, 6.45) is 2.19. The van der Waals surface area contributed by atoms with Gasteiger partial charge in [-0.3, -0.25) is 9.59 Å². The smallest absolute Gasteiger partial charge is 0.320 e. The van der Waals surface area contributed by atoms with Crippen LogP contribution in [0.2, 0.25) is 0 Å². The largest absolute Gasteiger partial charge is 0.495 e. The topological polar surface area (TPSA) is 104 Å². The first-order chi connectivity index (χ1) is 15.8. The number of nitrogens with zero attached hydrogens (tertiary/aromatic N) is 2. The van der Waals surface area contributed by atoms with Crippen LogP contribution in [0.15, 0.2) is 47.1 Å². The fourth-order valence-corrected chi connectivity index (χ4v) is 3.93. The second kappa shape index (κ2) is 10.9. The lowest BCUT2D eigenvalue weighted by Crippen LogP contribution is -2.60. The number of para-hydroxylation sites is 2. The predicted molar refractivity (Wildman–Crippen MR) is 124 cm³/mol. The first-order valence-corrected chi connectivity index (χ1v) is 11.2. The summed E-state index contributed by atoms with van der Waals surface area (Å²) < 4.78 is 10.5. The molecule has 1 aliphatic rings. The van der Waals surface area contributed by atoms with E-state index < -0.39 is 12.1 Å². The minimum Gasteiger partial charge on any atom is -0.495 e. The van der Waals surface area contributed by atoms with E-state index in [4.69, 9.17) is 9.15 Å². The number of carbonyl (C=O) groups excluding carboxylic acids is 3. The Morgan fingerprint density at radius 3 is 2.58 bits per heavy atom. The molecule has 1 aliphatic heterocycles. The quantitative estimate of drug-likeness (QED) is 0.666. The summed E-state index contributed by atoms with van der Waals surface area (Å²) in [6, 6.07) is 9.05. The number of nitrogens with one attached hydrogen (secondary N) is 2. The molecule has 1 aromatic carbocycles. The van der Waals surface area contributed by atoms with Crippen LogP contribution < -0.4 is 15.4 Å². The van der Waals surface area contributed by atoms with Crippen molar-refractivity contribution in [3.63, 3.8) is 0 Å². The molecule has 0 aliphatic carbocycles. The van der Waals surface area contributed by atoms with E-state index in [2.05, 4.69) is 10.6 Å². The van der Waals surface area contributed by atoms with Gasteiger partial charge in [0.1, 0.15) is 11.8 Å². The molecule has 33 heavy (non-hydrogen) atoms. The van der Waals surface area contributed by atoms with Crippen LogP contribution in [0.3, 0.4) is 0 Å². The molecule has 2 heterocycles. The van der Waals surface area contributed by atoms with Gasteiger partial charge in [0.2, 0.25) is 5.91 Å². The van der Waals surface area contributed by atoms with E-state index in [1.165, 1.54) is 13.4 Å². The van der Waals surface area contributed by atoms with Crippen molar-refractivity contribution in [2.75, 3.05) is 32.1 Å². The van der Waals surface area contributed by atoms with E-state index in [0.717, 1.165) is 6.42 Å². The fraction of sp³-hybridized carbons (Fsp3) is 0.458. The molecule has 0 radical (unpaired) electrons. The lowest BCUT2D eigenvalue weighted by Gasteiger charge is -2.41. The van der Waals surface area contributed by atoms with Crippen LogP contribution in [0.1, 0.15) is 37.7 Å². The summed E-state index contributed by atoms with van der Waals surface area (Å²) in [6.45, 7) is 6.99. The molecule has 4 amide bonds. The Kier molecular flexibility index (Phi) is 7.97. The third-order valence-electron chi connectivity index (χ3n) is 6.05.